The molecule has 3 rings (SSSR count). The van der Waals surface area contributed by atoms with E-state index in [4.69, 9.17) is 23.2 Å². The Hall–Kier alpha value is -3.02. The lowest BCUT2D eigenvalue weighted by Crippen LogP contribution is -2.30. The molecule has 2 amide bonds. The highest BCUT2D eigenvalue weighted by Gasteiger charge is 2.15. The molecule has 0 atom stereocenters. The maximum Gasteiger partial charge on any atom is 0.258 e. The Morgan fingerprint density at radius 3 is 2.27 bits per heavy atom. The fraction of sp³-hybridized carbons (Fsp3) is 0.130. The molecule has 0 spiro atoms. The second-order valence-corrected chi connectivity index (χ2v) is 7.33. The van der Waals surface area contributed by atoms with Crippen LogP contribution in [-0.4, -0.2) is 24.9 Å². The van der Waals surface area contributed by atoms with E-state index >= 15 is 0 Å². The molecule has 0 unspecified atom stereocenters. The summed E-state index contributed by atoms with van der Waals surface area (Å²) in [6.45, 7) is 2.56. The van der Waals surface area contributed by atoms with Crippen LogP contribution in [0.1, 0.15) is 17.3 Å². The first-order valence-corrected chi connectivity index (χ1v) is 10.2. The van der Waals surface area contributed by atoms with Gasteiger partial charge in [-0.3, -0.25) is 9.59 Å². The normalized spacial score (nSPS) is 10.4. The van der Waals surface area contributed by atoms with Crippen molar-refractivity contribution < 1.29 is 9.59 Å². The first-order valence-electron chi connectivity index (χ1n) is 9.43. The Bertz CT molecular complexity index is 1020. The molecule has 0 heterocycles. The van der Waals surface area contributed by atoms with E-state index in [0.717, 1.165) is 11.4 Å². The lowest BCUT2D eigenvalue weighted by molar-refractivity contribution is -0.114. The lowest BCUT2D eigenvalue weighted by Gasteiger charge is -2.21. The molecule has 2 N–H and O–H groups in total. The van der Waals surface area contributed by atoms with Crippen molar-refractivity contribution in [3.63, 3.8) is 0 Å². The SMILES string of the molecule is CCN(C(=O)c1ccc(NCC(=O)Nc2ccc(Cl)cc2Cl)cc1)c1ccccc1. The van der Waals surface area contributed by atoms with Gasteiger partial charge in [-0.05, 0) is 61.5 Å². The van der Waals surface area contributed by atoms with Crippen molar-refractivity contribution in [1.82, 2.24) is 0 Å². The molecule has 30 heavy (non-hydrogen) atoms. The van der Waals surface area contributed by atoms with Crippen molar-refractivity contribution in [1.29, 1.82) is 0 Å². The maximum atomic E-state index is 12.8. The first kappa shape index (κ1) is 21.7. The third kappa shape index (κ3) is 5.53. The molecule has 0 bridgehead atoms. The Labute approximate surface area is 185 Å². The van der Waals surface area contributed by atoms with E-state index in [1.807, 2.05) is 37.3 Å². The third-order valence-electron chi connectivity index (χ3n) is 4.42. The molecule has 154 valence electrons. The van der Waals surface area contributed by atoms with Crippen molar-refractivity contribution in [3.8, 4) is 0 Å². The predicted molar refractivity (Wildman–Crippen MR) is 124 cm³/mol. The van der Waals surface area contributed by atoms with Crippen molar-refractivity contribution >= 4 is 52.1 Å². The lowest BCUT2D eigenvalue weighted by atomic mass is 10.1. The summed E-state index contributed by atoms with van der Waals surface area (Å²) < 4.78 is 0. The zero-order valence-corrected chi connectivity index (χ0v) is 17.9. The highest BCUT2D eigenvalue weighted by atomic mass is 35.5. The zero-order chi connectivity index (χ0) is 21.5. The van der Waals surface area contributed by atoms with Crippen LogP contribution in [-0.2, 0) is 4.79 Å². The molecular formula is C23H21Cl2N3O2. The molecule has 3 aromatic carbocycles. The average Bonchev–Trinajstić information content (AvgIpc) is 2.76. The maximum absolute atomic E-state index is 12.8. The second-order valence-electron chi connectivity index (χ2n) is 6.49. The number of anilines is 3. The van der Waals surface area contributed by atoms with Crippen LogP contribution in [0.5, 0.6) is 0 Å². The molecular weight excluding hydrogens is 421 g/mol. The van der Waals surface area contributed by atoms with E-state index in [-0.39, 0.29) is 18.4 Å². The summed E-state index contributed by atoms with van der Waals surface area (Å²) in [4.78, 5) is 26.7. The number of rotatable bonds is 7. The quantitative estimate of drug-likeness (QED) is 0.493. The summed E-state index contributed by atoms with van der Waals surface area (Å²) in [6.07, 6.45) is 0. The van der Waals surface area contributed by atoms with Crippen molar-refractivity contribution in [2.75, 3.05) is 28.6 Å². The molecule has 0 aromatic heterocycles. The number of amides is 2. The number of carbonyl (C=O) groups excluding carboxylic acids is 2. The molecule has 0 aliphatic heterocycles. The first-order chi connectivity index (χ1) is 14.5. The molecule has 5 nitrogen and oxygen atoms in total. The fourth-order valence-electron chi connectivity index (χ4n) is 2.91. The Balaban J connectivity index is 1.59. The van der Waals surface area contributed by atoms with Gasteiger partial charge in [-0.1, -0.05) is 41.4 Å². The number of benzene rings is 3. The largest absolute Gasteiger partial charge is 0.376 e. The predicted octanol–water partition coefficient (Wildman–Crippen LogP) is 5.71. The summed E-state index contributed by atoms with van der Waals surface area (Å²) in [5, 5.41) is 6.63. The van der Waals surface area contributed by atoms with Gasteiger partial charge in [0.25, 0.3) is 5.91 Å². The van der Waals surface area contributed by atoms with Gasteiger partial charge in [0.2, 0.25) is 5.91 Å². The van der Waals surface area contributed by atoms with Crippen LogP contribution < -0.4 is 15.5 Å². The fourth-order valence-corrected chi connectivity index (χ4v) is 3.36. The summed E-state index contributed by atoms with van der Waals surface area (Å²) in [6, 6.07) is 21.4. The number of halogens is 2. The molecule has 7 heteroatoms. The zero-order valence-electron chi connectivity index (χ0n) is 16.4. The minimum absolute atomic E-state index is 0.0529. The van der Waals surface area contributed by atoms with E-state index in [2.05, 4.69) is 10.6 Å². The standard InChI is InChI=1S/C23H21Cl2N3O2/c1-2-28(19-6-4-3-5-7-19)23(30)16-8-11-18(12-9-16)26-15-22(29)27-21-13-10-17(24)14-20(21)25/h3-14,26H,2,15H2,1H3,(H,27,29). The minimum atomic E-state index is -0.249. The number of hydrogen-bond acceptors (Lipinski definition) is 3. The van der Waals surface area contributed by atoms with E-state index in [1.54, 1.807) is 47.4 Å². The van der Waals surface area contributed by atoms with Gasteiger partial charge < -0.3 is 15.5 Å². The van der Waals surface area contributed by atoms with Crippen LogP contribution in [0, 0.1) is 0 Å². The highest BCUT2D eigenvalue weighted by molar-refractivity contribution is 6.36. The van der Waals surface area contributed by atoms with E-state index in [0.29, 0.717) is 27.8 Å². The van der Waals surface area contributed by atoms with Crippen molar-refractivity contribution in [3.05, 3.63) is 88.4 Å². The average molecular weight is 442 g/mol. The van der Waals surface area contributed by atoms with Crippen LogP contribution in [0.15, 0.2) is 72.8 Å². The van der Waals surface area contributed by atoms with Crippen LogP contribution in [0.3, 0.4) is 0 Å². The molecule has 0 saturated heterocycles. The van der Waals surface area contributed by atoms with E-state index < -0.39 is 0 Å². The topological polar surface area (TPSA) is 61.4 Å². The summed E-state index contributed by atoms with van der Waals surface area (Å²) in [5.74, 6) is -0.328. The van der Waals surface area contributed by atoms with Crippen molar-refractivity contribution in [2.24, 2.45) is 0 Å². The van der Waals surface area contributed by atoms with Crippen LogP contribution in [0.25, 0.3) is 0 Å². The summed E-state index contributed by atoms with van der Waals surface area (Å²) >= 11 is 11.9. The van der Waals surface area contributed by atoms with Gasteiger partial charge in [0.1, 0.15) is 0 Å². The van der Waals surface area contributed by atoms with Crippen molar-refractivity contribution in [2.45, 2.75) is 6.92 Å². The van der Waals surface area contributed by atoms with Crippen LogP contribution >= 0.6 is 23.2 Å². The number of nitrogens with zero attached hydrogens (tertiary/aromatic N) is 1. The molecule has 0 saturated carbocycles. The number of para-hydroxylation sites is 1. The number of nitrogens with one attached hydrogen (secondary N) is 2. The Kier molecular flexibility index (Phi) is 7.33. The number of hydrogen-bond donors (Lipinski definition) is 2. The Morgan fingerprint density at radius 2 is 1.63 bits per heavy atom. The van der Waals surface area contributed by atoms with Gasteiger partial charge >= 0.3 is 0 Å². The van der Waals surface area contributed by atoms with Gasteiger partial charge in [0, 0.05) is 28.5 Å². The highest BCUT2D eigenvalue weighted by Crippen LogP contribution is 2.25. The van der Waals surface area contributed by atoms with E-state index in [9.17, 15) is 9.59 Å². The second kappa shape index (κ2) is 10.1. The molecule has 0 aliphatic carbocycles. The number of carbonyl (C=O) groups is 2. The van der Waals surface area contributed by atoms with Gasteiger partial charge in [-0.25, -0.2) is 0 Å². The Morgan fingerprint density at radius 1 is 0.933 bits per heavy atom. The van der Waals surface area contributed by atoms with Gasteiger partial charge in [-0.2, -0.15) is 0 Å². The van der Waals surface area contributed by atoms with Gasteiger partial charge in [0.05, 0.1) is 17.3 Å². The van der Waals surface area contributed by atoms with Gasteiger partial charge in [-0.15, -0.1) is 0 Å². The van der Waals surface area contributed by atoms with Gasteiger partial charge in [0.15, 0.2) is 0 Å². The molecule has 3 aromatic rings. The smallest absolute Gasteiger partial charge is 0.258 e. The summed E-state index contributed by atoms with van der Waals surface area (Å²) in [5.41, 5.74) is 2.65. The molecule has 0 radical (unpaired) electrons. The molecule has 0 aliphatic rings. The third-order valence-corrected chi connectivity index (χ3v) is 4.97. The van der Waals surface area contributed by atoms with E-state index in [1.165, 1.54) is 0 Å². The van der Waals surface area contributed by atoms with Crippen LogP contribution in [0.4, 0.5) is 17.1 Å². The summed E-state index contributed by atoms with van der Waals surface area (Å²) in [7, 11) is 0. The molecule has 0 fully saturated rings. The van der Waals surface area contributed by atoms with Crippen LogP contribution in [0.2, 0.25) is 10.0 Å². The minimum Gasteiger partial charge on any atom is -0.376 e. The monoisotopic (exact) mass is 441 g/mol.